The molecule has 146 valence electrons. The maximum atomic E-state index is 12.6. The van der Waals surface area contributed by atoms with Crippen molar-refractivity contribution >= 4 is 32.3 Å². The maximum absolute atomic E-state index is 12.6. The number of carbonyl (C=O) groups is 1. The first-order chi connectivity index (χ1) is 12.8. The number of anilines is 1. The fourth-order valence-corrected chi connectivity index (χ4v) is 3.16. The van der Waals surface area contributed by atoms with Crippen LogP contribution in [-0.2, 0) is 24.3 Å². The number of nitrogens with one attached hydrogen (secondary N) is 1. The molecule has 1 aliphatic carbocycles. The first-order valence-electron chi connectivity index (χ1n) is 8.08. The summed E-state index contributed by atoms with van der Waals surface area (Å²) in [7, 11) is -2.03. The molecule has 1 aromatic rings. The molecule has 0 fully saturated rings. The van der Waals surface area contributed by atoms with Gasteiger partial charge in [0.2, 0.25) is 0 Å². The van der Waals surface area contributed by atoms with Gasteiger partial charge in [-0.25, -0.2) is 19.2 Å². The SMILES string of the molecule is COCCOCC(=O)N=C1C=CC(=S(=O)(O)Nc2cc(C)nc(C)n2)C=C1. The van der Waals surface area contributed by atoms with Crippen molar-refractivity contribution in [3.63, 3.8) is 0 Å². The van der Waals surface area contributed by atoms with Gasteiger partial charge in [-0.15, -0.1) is 0 Å². The summed E-state index contributed by atoms with van der Waals surface area (Å²) in [6, 6.07) is 1.58. The van der Waals surface area contributed by atoms with E-state index in [0.29, 0.717) is 30.4 Å². The van der Waals surface area contributed by atoms with Gasteiger partial charge in [-0.2, -0.15) is 0 Å². The van der Waals surface area contributed by atoms with E-state index < -0.39 is 15.9 Å². The fourth-order valence-electron chi connectivity index (χ4n) is 2.15. The Bertz CT molecular complexity index is 876. The number of allylic oxidation sites excluding steroid dienone is 4. The van der Waals surface area contributed by atoms with Crippen molar-refractivity contribution in [2.75, 3.05) is 31.7 Å². The van der Waals surface area contributed by atoms with Gasteiger partial charge in [0.25, 0.3) is 5.91 Å². The van der Waals surface area contributed by atoms with Crippen LogP contribution in [0.15, 0.2) is 35.4 Å². The highest BCUT2D eigenvalue weighted by Gasteiger charge is 2.13. The van der Waals surface area contributed by atoms with E-state index in [0.717, 1.165) is 0 Å². The van der Waals surface area contributed by atoms with Crippen LogP contribution in [0.1, 0.15) is 11.5 Å². The second kappa shape index (κ2) is 9.51. The molecule has 9 nitrogen and oxygen atoms in total. The van der Waals surface area contributed by atoms with E-state index in [2.05, 4.69) is 19.7 Å². The molecule has 1 unspecified atom stereocenters. The zero-order chi connectivity index (χ0) is 19.9. The zero-order valence-corrected chi connectivity index (χ0v) is 16.2. The highest BCUT2D eigenvalue weighted by atomic mass is 32.2. The minimum Gasteiger partial charge on any atom is -0.382 e. The van der Waals surface area contributed by atoms with Crippen LogP contribution in [0.5, 0.6) is 0 Å². The molecule has 1 aliphatic rings. The Morgan fingerprint density at radius 3 is 2.56 bits per heavy atom. The Morgan fingerprint density at radius 2 is 1.93 bits per heavy atom. The van der Waals surface area contributed by atoms with Crippen LogP contribution in [0.4, 0.5) is 5.82 Å². The Labute approximate surface area is 158 Å². The van der Waals surface area contributed by atoms with E-state index in [1.807, 2.05) is 0 Å². The first-order valence-corrected chi connectivity index (χ1v) is 9.59. The Morgan fingerprint density at radius 1 is 1.22 bits per heavy atom. The molecule has 0 saturated heterocycles. The molecule has 0 aromatic carbocycles. The van der Waals surface area contributed by atoms with Crippen molar-refractivity contribution in [3.05, 3.63) is 41.9 Å². The Kier molecular flexibility index (Phi) is 7.36. The van der Waals surface area contributed by atoms with Crippen LogP contribution in [0.3, 0.4) is 0 Å². The van der Waals surface area contributed by atoms with E-state index in [9.17, 15) is 13.6 Å². The second-order valence-corrected chi connectivity index (χ2v) is 7.34. The zero-order valence-electron chi connectivity index (χ0n) is 15.3. The molecule has 1 heterocycles. The molecule has 0 spiro atoms. The van der Waals surface area contributed by atoms with Crippen LogP contribution >= 0.6 is 0 Å². The number of hydrogen-bond donors (Lipinski definition) is 2. The summed E-state index contributed by atoms with van der Waals surface area (Å²) >= 11 is 0. The quantitative estimate of drug-likeness (QED) is 0.524. The topological polar surface area (TPSA) is 123 Å². The summed E-state index contributed by atoms with van der Waals surface area (Å²) in [5.74, 6) is 0.298. The van der Waals surface area contributed by atoms with Gasteiger partial charge in [-0.05, 0) is 38.2 Å². The number of aliphatic imine (C=N–C) groups is 1. The third-order valence-corrected chi connectivity index (χ3v) is 4.67. The summed E-state index contributed by atoms with van der Waals surface area (Å²) in [5.41, 5.74) is 1.04. The van der Waals surface area contributed by atoms with Gasteiger partial charge in [0.15, 0.2) is 9.99 Å². The van der Waals surface area contributed by atoms with Crippen LogP contribution in [0, 0.1) is 13.8 Å². The number of carbonyl (C=O) groups excluding carboxylic acids is 1. The van der Waals surface area contributed by atoms with Gasteiger partial charge in [-0.3, -0.25) is 14.1 Å². The number of hydrogen-bond acceptors (Lipinski definition) is 6. The third-order valence-electron chi connectivity index (χ3n) is 3.28. The van der Waals surface area contributed by atoms with E-state index in [-0.39, 0.29) is 17.3 Å². The van der Waals surface area contributed by atoms with Crippen LogP contribution in [0.2, 0.25) is 0 Å². The van der Waals surface area contributed by atoms with Gasteiger partial charge in [0.1, 0.15) is 18.2 Å². The first kappa shape index (κ1) is 20.9. The molecule has 1 aromatic heterocycles. The molecule has 0 radical (unpaired) electrons. The second-order valence-electron chi connectivity index (χ2n) is 5.61. The minimum atomic E-state index is -3.57. The number of ether oxygens (including phenoxy) is 2. The van der Waals surface area contributed by atoms with Crippen molar-refractivity contribution in [1.82, 2.24) is 9.97 Å². The third kappa shape index (κ3) is 6.68. The van der Waals surface area contributed by atoms with Gasteiger partial charge >= 0.3 is 0 Å². The molecular weight excluding hydrogens is 372 g/mol. The number of amides is 1. The van der Waals surface area contributed by atoms with Crippen LogP contribution in [0.25, 0.3) is 0 Å². The standard InChI is InChI=1S/C17H22N4O5S/c1-12-10-16(19-13(2)18-12)21-27(23,24)15-6-4-14(5-7-15)20-17(22)11-26-9-8-25-3/h4-7,10H,8-9,11H2,1-3H3,(H2,18,19,21,23,24). The Hall–Kier alpha value is -2.40. The van der Waals surface area contributed by atoms with Gasteiger partial charge in [0.05, 0.1) is 23.8 Å². The molecule has 27 heavy (non-hydrogen) atoms. The average Bonchev–Trinajstić information content (AvgIpc) is 2.58. The summed E-state index contributed by atoms with van der Waals surface area (Å²) < 4.78 is 35.3. The van der Waals surface area contributed by atoms with E-state index in [4.69, 9.17) is 9.47 Å². The number of aryl methyl sites for hydroxylation is 2. The fraction of sp³-hybridized carbons (Fsp3) is 0.353. The van der Waals surface area contributed by atoms with Crippen molar-refractivity contribution in [3.8, 4) is 0 Å². The normalized spacial score (nSPS) is 15.6. The summed E-state index contributed by atoms with van der Waals surface area (Å²) in [6.45, 7) is 4.01. The number of methoxy groups -OCH3 is 1. The molecule has 2 N–H and O–H groups in total. The van der Waals surface area contributed by atoms with Crippen molar-refractivity contribution in [1.29, 1.82) is 0 Å². The monoisotopic (exact) mass is 394 g/mol. The van der Waals surface area contributed by atoms with Crippen molar-refractivity contribution in [2.24, 2.45) is 4.99 Å². The lowest BCUT2D eigenvalue weighted by atomic mass is 10.2. The maximum Gasteiger partial charge on any atom is 0.272 e. The van der Waals surface area contributed by atoms with Gasteiger partial charge < -0.3 is 9.47 Å². The highest BCUT2D eigenvalue weighted by molar-refractivity contribution is 7.99. The van der Waals surface area contributed by atoms with Gasteiger partial charge in [-0.1, -0.05) is 0 Å². The average molecular weight is 394 g/mol. The van der Waals surface area contributed by atoms with Crippen molar-refractivity contribution in [2.45, 2.75) is 13.8 Å². The molecule has 0 bridgehead atoms. The molecular formula is C17H22N4O5S. The minimum absolute atomic E-state index is 0.138. The summed E-state index contributed by atoms with van der Waals surface area (Å²) in [4.78, 5) is 23.9. The van der Waals surface area contributed by atoms with Crippen LogP contribution < -0.4 is 4.72 Å². The number of nitrogens with zero attached hydrogens (tertiary/aromatic N) is 3. The number of rotatable bonds is 7. The molecule has 0 aliphatic heterocycles. The number of aromatic nitrogens is 2. The molecule has 2 rings (SSSR count). The van der Waals surface area contributed by atoms with E-state index >= 15 is 0 Å². The summed E-state index contributed by atoms with van der Waals surface area (Å²) in [5, 5.41) is 0. The summed E-state index contributed by atoms with van der Waals surface area (Å²) in [6.07, 6.45) is 5.81. The lowest BCUT2D eigenvalue weighted by Gasteiger charge is -2.12. The predicted molar refractivity (Wildman–Crippen MR) is 104 cm³/mol. The lowest BCUT2D eigenvalue weighted by molar-refractivity contribution is -0.122. The van der Waals surface area contributed by atoms with Gasteiger partial charge in [0, 0.05) is 18.9 Å². The highest BCUT2D eigenvalue weighted by Crippen LogP contribution is 2.10. The van der Waals surface area contributed by atoms with E-state index in [1.165, 1.54) is 31.4 Å². The molecule has 10 heteroatoms. The largest absolute Gasteiger partial charge is 0.382 e. The Balaban J connectivity index is 2.07. The van der Waals surface area contributed by atoms with E-state index in [1.54, 1.807) is 19.9 Å². The molecule has 1 atom stereocenters. The predicted octanol–water partition coefficient (Wildman–Crippen LogP) is 1.11. The van der Waals surface area contributed by atoms with Crippen molar-refractivity contribution < 1.29 is 23.0 Å². The van der Waals surface area contributed by atoms with Crippen LogP contribution in [-0.4, -0.2) is 62.1 Å². The molecule has 1 amide bonds. The molecule has 0 saturated carbocycles. The lowest BCUT2D eigenvalue weighted by Crippen LogP contribution is -2.22. The smallest absolute Gasteiger partial charge is 0.272 e.